The van der Waals surface area contributed by atoms with Crippen LogP contribution >= 0.6 is 0 Å². The Kier molecular flexibility index (Phi) is 3.14. The maximum Gasteiger partial charge on any atom is 0.332 e. The molecule has 2 bridgehead atoms. The Morgan fingerprint density at radius 2 is 2.05 bits per heavy atom. The number of aromatic nitrogens is 2. The lowest BCUT2D eigenvalue weighted by Crippen LogP contribution is -2.43. The molecule has 20 heavy (non-hydrogen) atoms. The van der Waals surface area contributed by atoms with Gasteiger partial charge in [-0.15, -0.1) is 0 Å². The second-order valence-corrected chi connectivity index (χ2v) is 5.07. The van der Waals surface area contributed by atoms with Crippen molar-refractivity contribution in [3.05, 3.63) is 15.8 Å². The van der Waals surface area contributed by atoms with Gasteiger partial charge in [-0.1, -0.05) is 0 Å². The molecule has 0 spiro atoms. The minimum Gasteiger partial charge on any atom is -0.371 e. The van der Waals surface area contributed by atoms with E-state index in [0.29, 0.717) is 24.6 Å². The number of nitrogens with two attached hydrogens (primary N) is 1. The number of rotatable bonds is 3. The molecule has 0 aliphatic carbocycles. The SMILES string of the molecule is Cc1nc(NN)nc(N2CC3CCC(C2)O3)c1[N+](=O)[O-]. The predicted octanol–water partition coefficient (Wildman–Crippen LogP) is 0.346. The normalized spacial score (nSPS) is 24.8. The first-order chi connectivity index (χ1) is 9.58. The summed E-state index contributed by atoms with van der Waals surface area (Å²) in [6.07, 6.45) is 2.22. The van der Waals surface area contributed by atoms with Crippen LogP contribution in [0, 0.1) is 17.0 Å². The predicted molar refractivity (Wildman–Crippen MR) is 71.3 cm³/mol. The molecule has 2 aliphatic heterocycles. The fraction of sp³-hybridized carbons (Fsp3) is 0.636. The van der Waals surface area contributed by atoms with Gasteiger partial charge in [-0.2, -0.15) is 4.98 Å². The Morgan fingerprint density at radius 3 is 2.60 bits per heavy atom. The fourth-order valence-electron chi connectivity index (χ4n) is 2.84. The third kappa shape index (κ3) is 2.14. The zero-order valence-electron chi connectivity index (χ0n) is 11.1. The van der Waals surface area contributed by atoms with Crippen LogP contribution in [0.1, 0.15) is 18.5 Å². The molecule has 3 rings (SSSR count). The Bertz CT molecular complexity index is 539. The van der Waals surface area contributed by atoms with Crippen molar-refractivity contribution in [3.8, 4) is 0 Å². The van der Waals surface area contributed by atoms with Crippen LogP contribution in [-0.4, -0.2) is 40.2 Å². The average molecular weight is 280 g/mol. The molecule has 9 nitrogen and oxygen atoms in total. The lowest BCUT2D eigenvalue weighted by molar-refractivity contribution is -0.385. The molecule has 0 radical (unpaired) electrons. The Labute approximate surface area is 115 Å². The molecule has 0 aromatic carbocycles. The van der Waals surface area contributed by atoms with E-state index >= 15 is 0 Å². The van der Waals surface area contributed by atoms with E-state index in [4.69, 9.17) is 10.6 Å². The van der Waals surface area contributed by atoms with Crippen LogP contribution in [0.3, 0.4) is 0 Å². The van der Waals surface area contributed by atoms with Crippen molar-refractivity contribution in [3.63, 3.8) is 0 Å². The molecule has 0 amide bonds. The Balaban J connectivity index is 2.02. The van der Waals surface area contributed by atoms with Crippen molar-refractivity contribution < 1.29 is 9.66 Å². The van der Waals surface area contributed by atoms with Gasteiger partial charge in [0.2, 0.25) is 11.8 Å². The molecule has 2 fully saturated rings. The molecule has 108 valence electrons. The molecule has 2 unspecified atom stereocenters. The summed E-state index contributed by atoms with van der Waals surface area (Å²) in [5.74, 6) is 5.82. The van der Waals surface area contributed by atoms with Crippen LogP contribution in [0.4, 0.5) is 17.5 Å². The summed E-state index contributed by atoms with van der Waals surface area (Å²) in [6.45, 7) is 2.80. The molecular formula is C11H16N6O3. The number of nitrogen functional groups attached to an aromatic ring is 1. The molecule has 2 atom stereocenters. The number of nitro groups is 1. The van der Waals surface area contributed by atoms with Gasteiger partial charge in [0, 0.05) is 13.1 Å². The smallest absolute Gasteiger partial charge is 0.332 e. The van der Waals surface area contributed by atoms with E-state index < -0.39 is 4.92 Å². The average Bonchev–Trinajstić information content (AvgIpc) is 2.75. The van der Waals surface area contributed by atoms with Crippen molar-refractivity contribution in [2.24, 2.45) is 5.84 Å². The second-order valence-electron chi connectivity index (χ2n) is 5.07. The number of hydrazine groups is 1. The van der Waals surface area contributed by atoms with Gasteiger partial charge in [-0.3, -0.25) is 15.5 Å². The number of aryl methyl sites for hydroxylation is 1. The third-order valence-corrected chi connectivity index (χ3v) is 3.69. The number of nitrogens with zero attached hydrogens (tertiary/aromatic N) is 4. The molecule has 1 aromatic heterocycles. The first-order valence-corrected chi connectivity index (χ1v) is 6.48. The monoisotopic (exact) mass is 280 g/mol. The number of hydrogen-bond donors (Lipinski definition) is 2. The van der Waals surface area contributed by atoms with Gasteiger partial charge in [-0.05, 0) is 19.8 Å². The van der Waals surface area contributed by atoms with Gasteiger partial charge in [0.1, 0.15) is 5.69 Å². The van der Waals surface area contributed by atoms with Gasteiger partial charge in [0.25, 0.3) is 0 Å². The lowest BCUT2D eigenvalue weighted by atomic mass is 10.2. The van der Waals surface area contributed by atoms with E-state index in [-0.39, 0.29) is 23.8 Å². The van der Waals surface area contributed by atoms with Crippen molar-refractivity contribution in [1.82, 2.24) is 9.97 Å². The highest BCUT2D eigenvalue weighted by Gasteiger charge is 2.37. The highest BCUT2D eigenvalue weighted by Crippen LogP contribution is 2.35. The van der Waals surface area contributed by atoms with Crippen LogP contribution in [0.5, 0.6) is 0 Å². The van der Waals surface area contributed by atoms with Gasteiger partial charge < -0.3 is 9.64 Å². The number of nitrogens with one attached hydrogen (secondary N) is 1. The zero-order chi connectivity index (χ0) is 14.3. The summed E-state index contributed by atoms with van der Waals surface area (Å²) >= 11 is 0. The van der Waals surface area contributed by atoms with Crippen molar-refractivity contribution in [2.75, 3.05) is 23.4 Å². The van der Waals surface area contributed by atoms with Crippen LogP contribution in [0.25, 0.3) is 0 Å². The minimum absolute atomic E-state index is 0.0645. The van der Waals surface area contributed by atoms with E-state index in [9.17, 15) is 10.1 Å². The quantitative estimate of drug-likeness (QED) is 0.462. The van der Waals surface area contributed by atoms with Crippen molar-refractivity contribution >= 4 is 17.5 Å². The summed E-state index contributed by atoms with van der Waals surface area (Å²) in [5.41, 5.74) is 2.58. The van der Waals surface area contributed by atoms with Crippen LogP contribution in [0.2, 0.25) is 0 Å². The maximum atomic E-state index is 11.3. The van der Waals surface area contributed by atoms with Gasteiger partial charge in [0.05, 0.1) is 17.1 Å². The maximum absolute atomic E-state index is 11.3. The topological polar surface area (TPSA) is 119 Å². The summed E-state index contributed by atoms with van der Waals surface area (Å²) in [4.78, 5) is 20.9. The number of morpholine rings is 1. The second kappa shape index (κ2) is 4.84. The molecule has 1 aromatic rings. The molecular weight excluding hydrogens is 264 g/mol. The van der Waals surface area contributed by atoms with Gasteiger partial charge >= 0.3 is 5.69 Å². The number of hydrogen-bond acceptors (Lipinski definition) is 8. The van der Waals surface area contributed by atoms with Crippen LogP contribution in [-0.2, 0) is 4.74 Å². The first kappa shape index (κ1) is 13.0. The molecule has 0 saturated carbocycles. The zero-order valence-corrected chi connectivity index (χ0v) is 11.1. The Hall–Kier alpha value is -2.00. The van der Waals surface area contributed by atoms with Crippen LogP contribution in [0.15, 0.2) is 0 Å². The van der Waals surface area contributed by atoms with Gasteiger partial charge in [-0.25, -0.2) is 10.8 Å². The lowest BCUT2D eigenvalue weighted by Gasteiger charge is -2.32. The molecule has 3 heterocycles. The minimum atomic E-state index is -0.442. The summed E-state index contributed by atoms with van der Waals surface area (Å²) in [5, 5.41) is 11.3. The molecule has 3 N–H and O–H groups in total. The number of anilines is 2. The van der Waals surface area contributed by atoms with Crippen molar-refractivity contribution in [1.29, 1.82) is 0 Å². The van der Waals surface area contributed by atoms with Crippen LogP contribution < -0.4 is 16.2 Å². The molecule has 2 saturated heterocycles. The molecule has 9 heteroatoms. The van der Waals surface area contributed by atoms with Crippen molar-refractivity contribution in [2.45, 2.75) is 32.0 Å². The van der Waals surface area contributed by atoms with E-state index in [2.05, 4.69) is 15.4 Å². The number of ether oxygens (including phenoxy) is 1. The Morgan fingerprint density at radius 1 is 1.40 bits per heavy atom. The molecule has 2 aliphatic rings. The summed E-state index contributed by atoms with van der Waals surface area (Å²) < 4.78 is 5.74. The highest BCUT2D eigenvalue weighted by atomic mass is 16.6. The van der Waals surface area contributed by atoms with E-state index in [1.54, 1.807) is 6.92 Å². The fourth-order valence-corrected chi connectivity index (χ4v) is 2.84. The largest absolute Gasteiger partial charge is 0.371 e. The van der Waals surface area contributed by atoms with Gasteiger partial charge in [0.15, 0.2) is 0 Å². The standard InChI is InChI=1S/C11H16N6O3/c1-6-9(17(18)19)10(14-11(13-6)15-12)16-4-7-2-3-8(5-16)20-7/h7-8H,2-5,12H2,1H3,(H,13,14,15). The van der Waals surface area contributed by atoms with E-state index in [1.807, 2.05) is 4.90 Å². The first-order valence-electron chi connectivity index (χ1n) is 6.48. The van der Waals surface area contributed by atoms with E-state index in [1.165, 1.54) is 0 Å². The third-order valence-electron chi connectivity index (χ3n) is 3.69. The summed E-state index contributed by atoms with van der Waals surface area (Å²) in [6, 6.07) is 0. The van der Waals surface area contributed by atoms with E-state index in [0.717, 1.165) is 12.8 Å². The summed E-state index contributed by atoms with van der Waals surface area (Å²) in [7, 11) is 0. The number of fused-ring (bicyclic) bond motifs is 2. The highest BCUT2D eigenvalue weighted by molar-refractivity contribution is 5.62.